The third-order valence-corrected chi connectivity index (χ3v) is 4.39. The molecule has 0 unspecified atom stereocenters. The number of hydrogen-bond acceptors (Lipinski definition) is 4. The first-order valence-corrected chi connectivity index (χ1v) is 8.02. The van der Waals surface area contributed by atoms with Gasteiger partial charge in [0.05, 0.1) is 5.52 Å². The van der Waals surface area contributed by atoms with E-state index >= 15 is 0 Å². The minimum absolute atomic E-state index is 0.00234. The molecule has 0 spiro atoms. The molecular formula is C18H15ClN4O3. The van der Waals surface area contributed by atoms with Crippen molar-refractivity contribution in [3.63, 3.8) is 0 Å². The van der Waals surface area contributed by atoms with E-state index in [9.17, 15) is 14.9 Å². The van der Waals surface area contributed by atoms with Crippen LogP contribution in [0.1, 0.15) is 5.56 Å². The third-order valence-electron chi connectivity index (χ3n) is 3.95. The zero-order valence-electron chi connectivity index (χ0n) is 14.4. The summed E-state index contributed by atoms with van der Waals surface area (Å²) in [6.45, 7) is 0. The molecule has 1 amide bonds. The van der Waals surface area contributed by atoms with Crippen molar-refractivity contribution < 1.29 is 9.53 Å². The Morgan fingerprint density at radius 3 is 2.65 bits per heavy atom. The summed E-state index contributed by atoms with van der Waals surface area (Å²) in [5.74, 6) is 0.480. The zero-order chi connectivity index (χ0) is 19.0. The fourth-order valence-corrected chi connectivity index (χ4v) is 2.78. The first-order valence-electron chi connectivity index (χ1n) is 7.64. The maximum Gasteiger partial charge on any atom is 0.328 e. The molecule has 0 aliphatic rings. The van der Waals surface area contributed by atoms with Crippen LogP contribution in [0.25, 0.3) is 10.9 Å². The summed E-state index contributed by atoms with van der Waals surface area (Å²) in [6, 6.07) is 9.91. The van der Waals surface area contributed by atoms with Crippen molar-refractivity contribution >= 4 is 28.5 Å². The number of benzene rings is 1. The van der Waals surface area contributed by atoms with E-state index in [0.29, 0.717) is 16.7 Å². The molecule has 8 heteroatoms. The van der Waals surface area contributed by atoms with Gasteiger partial charge in [-0.3, -0.25) is 9.36 Å². The Kier molecular flexibility index (Phi) is 4.45. The van der Waals surface area contributed by atoms with Gasteiger partial charge in [0.2, 0.25) is 0 Å². The van der Waals surface area contributed by atoms with Crippen LogP contribution in [0.5, 0.6) is 11.5 Å². The van der Waals surface area contributed by atoms with E-state index in [1.54, 1.807) is 44.6 Å². The van der Waals surface area contributed by atoms with Gasteiger partial charge in [0.15, 0.2) is 5.75 Å². The monoisotopic (exact) mass is 370 g/mol. The van der Waals surface area contributed by atoms with E-state index in [1.165, 1.54) is 27.1 Å². The van der Waals surface area contributed by atoms with Crippen molar-refractivity contribution in [2.24, 2.45) is 7.05 Å². The topological polar surface area (TPSA) is 80.3 Å². The number of amides is 1. The number of rotatable bonds is 2. The van der Waals surface area contributed by atoms with Crippen molar-refractivity contribution in [1.29, 1.82) is 5.26 Å². The molecule has 1 aromatic carbocycles. The van der Waals surface area contributed by atoms with E-state index in [2.05, 4.69) is 0 Å². The lowest BCUT2D eigenvalue weighted by Crippen LogP contribution is -2.26. The highest BCUT2D eigenvalue weighted by Gasteiger charge is 2.17. The molecular weight excluding hydrogens is 356 g/mol. The summed E-state index contributed by atoms with van der Waals surface area (Å²) in [7, 11) is 4.80. The fraction of sp³-hybridized carbons (Fsp3) is 0.167. The normalized spacial score (nSPS) is 10.6. The van der Waals surface area contributed by atoms with Gasteiger partial charge in [-0.25, -0.2) is 4.79 Å². The Hall–Kier alpha value is -3.24. The Morgan fingerprint density at radius 1 is 1.27 bits per heavy atom. The van der Waals surface area contributed by atoms with E-state index in [1.807, 2.05) is 6.07 Å². The van der Waals surface area contributed by atoms with Crippen LogP contribution < -0.4 is 10.3 Å². The summed E-state index contributed by atoms with van der Waals surface area (Å²) in [5.41, 5.74) is 0.320. The van der Waals surface area contributed by atoms with Crippen molar-refractivity contribution in [2.75, 3.05) is 14.1 Å². The molecule has 2 heterocycles. The lowest BCUT2D eigenvalue weighted by molar-refractivity contribution is 0.220. The molecule has 0 aliphatic carbocycles. The lowest BCUT2D eigenvalue weighted by Gasteiger charge is -2.13. The Morgan fingerprint density at radius 2 is 2.00 bits per heavy atom. The molecule has 0 saturated heterocycles. The van der Waals surface area contributed by atoms with E-state index < -0.39 is 5.56 Å². The largest absolute Gasteiger partial charge is 0.455 e. The van der Waals surface area contributed by atoms with Gasteiger partial charge < -0.3 is 14.2 Å². The number of nitrogens with zero attached hydrogens (tertiary/aromatic N) is 4. The van der Waals surface area contributed by atoms with Gasteiger partial charge in [0.1, 0.15) is 22.5 Å². The first-order chi connectivity index (χ1) is 12.3. The van der Waals surface area contributed by atoms with Gasteiger partial charge in [-0.2, -0.15) is 5.26 Å². The second-order valence-corrected chi connectivity index (χ2v) is 6.20. The lowest BCUT2D eigenvalue weighted by atomic mass is 10.2. The Labute approximate surface area is 154 Å². The van der Waals surface area contributed by atoms with Gasteiger partial charge in [0.25, 0.3) is 5.56 Å². The molecule has 0 radical (unpaired) electrons. The highest BCUT2D eigenvalue weighted by atomic mass is 35.5. The van der Waals surface area contributed by atoms with Gasteiger partial charge in [-0.15, -0.1) is 0 Å². The van der Waals surface area contributed by atoms with Crippen LogP contribution in [0.4, 0.5) is 4.79 Å². The average molecular weight is 371 g/mol. The van der Waals surface area contributed by atoms with Gasteiger partial charge in [-0.05, 0) is 18.2 Å². The number of nitriles is 1. The number of aromatic nitrogens is 2. The molecule has 0 aliphatic heterocycles. The van der Waals surface area contributed by atoms with Crippen molar-refractivity contribution in [3.8, 4) is 17.6 Å². The summed E-state index contributed by atoms with van der Waals surface area (Å²) in [4.78, 5) is 25.7. The molecule has 0 N–H and O–H groups in total. The number of fused-ring (bicyclic) bond motifs is 1. The molecule has 0 saturated carbocycles. The highest BCUT2D eigenvalue weighted by molar-refractivity contribution is 6.30. The second-order valence-electron chi connectivity index (χ2n) is 5.84. The molecule has 0 atom stereocenters. The number of pyridine rings is 1. The number of ether oxygens (including phenoxy) is 1. The number of hydrogen-bond donors (Lipinski definition) is 0. The van der Waals surface area contributed by atoms with Gasteiger partial charge >= 0.3 is 6.03 Å². The molecule has 0 bridgehead atoms. The predicted molar refractivity (Wildman–Crippen MR) is 97.9 cm³/mol. The van der Waals surface area contributed by atoms with Crippen LogP contribution >= 0.6 is 11.6 Å². The van der Waals surface area contributed by atoms with Crippen LogP contribution in [0.3, 0.4) is 0 Å². The predicted octanol–water partition coefficient (Wildman–Crippen LogP) is 3.19. The smallest absolute Gasteiger partial charge is 0.328 e. The Balaban J connectivity index is 2.13. The van der Waals surface area contributed by atoms with Crippen LogP contribution in [0, 0.1) is 11.3 Å². The molecule has 0 fully saturated rings. The number of halogens is 1. The summed E-state index contributed by atoms with van der Waals surface area (Å²) in [5, 5.41) is 10.0. The molecule has 26 heavy (non-hydrogen) atoms. The van der Waals surface area contributed by atoms with E-state index in [4.69, 9.17) is 16.3 Å². The number of carbonyl (C=O) groups excluding carboxylic acids is 1. The number of carbonyl (C=O) groups is 1. The molecule has 132 valence electrons. The maximum absolute atomic E-state index is 12.3. The molecule has 3 aromatic rings. The van der Waals surface area contributed by atoms with Crippen LogP contribution in [0.2, 0.25) is 5.15 Å². The van der Waals surface area contributed by atoms with Gasteiger partial charge in [-0.1, -0.05) is 17.7 Å². The minimum atomic E-state index is -0.392. The summed E-state index contributed by atoms with van der Waals surface area (Å²) < 4.78 is 8.48. The SMILES string of the molecule is CN(C)C(=O)n1ccc2c(Oc3cc(=O)n(C)c(Cl)c3C#N)cccc21. The summed E-state index contributed by atoms with van der Waals surface area (Å²) in [6.07, 6.45) is 1.64. The van der Waals surface area contributed by atoms with Crippen molar-refractivity contribution in [2.45, 2.75) is 0 Å². The third kappa shape index (κ3) is 2.80. The Bertz CT molecular complexity index is 1120. The summed E-state index contributed by atoms with van der Waals surface area (Å²) >= 11 is 6.07. The molecule has 2 aromatic heterocycles. The highest BCUT2D eigenvalue weighted by Crippen LogP contribution is 2.33. The quantitative estimate of drug-likeness (QED) is 0.649. The van der Waals surface area contributed by atoms with Crippen molar-refractivity contribution in [1.82, 2.24) is 14.0 Å². The first kappa shape index (κ1) is 17.6. The molecule has 3 rings (SSSR count). The standard InChI is InChI=1S/C18H15ClN4O3/c1-21(2)18(25)23-8-7-11-13(23)5-4-6-14(11)26-15-9-16(24)22(3)17(19)12(15)10-20/h4-9H,1-3H3. The van der Waals surface area contributed by atoms with Crippen LogP contribution in [0.15, 0.2) is 41.3 Å². The fourth-order valence-electron chi connectivity index (χ4n) is 2.56. The average Bonchev–Trinajstić information content (AvgIpc) is 3.04. The van der Waals surface area contributed by atoms with Crippen LogP contribution in [-0.4, -0.2) is 34.2 Å². The van der Waals surface area contributed by atoms with Crippen molar-refractivity contribution in [3.05, 3.63) is 57.6 Å². The van der Waals surface area contributed by atoms with Gasteiger partial charge in [0, 0.05) is 38.8 Å². The maximum atomic E-state index is 12.3. The van der Waals surface area contributed by atoms with E-state index in [-0.39, 0.29) is 22.5 Å². The van der Waals surface area contributed by atoms with E-state index in [0.717, 1.165) is 0 Å². The van der Waals surface area contributed by atoms with Crippen LogP contribution in [-0.2, 0) is 7.05 Å². The zero-order valence-corrected chi connectivity index (χ0v) is 15.1. The molecule has 7 nitrogen and oxygen atoms in total. The second kappa shape index (κ2) is 6.58. The minimum Gasteiger partial charge on any atom is -0.455 e.